The Balaban J connectivity index is 0.00000529. The highest BCUT2D eigenvalue weighted by Crippen LogP contribution is 2.14. The number of unbranched alkanes of at least 4 members (excludes halogenated alkanes) is 1. The first kappa shape index (κ1) is 21.5. The zero-order valence-electron chi connectivity index (χ0n) is 12.9. The number of hydrogen-bond donors (Lipinski definition) is 3. The molecule has 1 aromatic carbocycles. The van der Waals surface area contributed by atoms with Gasteiger partial charge in [-0.1, -0.05) is 23.3 Å². The Kier molecular flexibility index (Phi) is 10.8. The number of ether oxygens (including phenoxy) is 1. The van der Waals surface area contributed by atoms with Crippen LogP contribution in [-0.2, 0) is 16.1 Å². The van der Waals surface area contributed by atoms with Crippen molar-refractivity contribution in [2.75, 3.05) is 6.54 Å². The van der Waals surface area contributed by atoms with Crippen LogP contribution in [0.5, 0.6) is 0 Å². The van der Waals surface area contributed by atoms with Crippen molar-refractivity contribution in [3.8, 4) is 0 Å². The van der Waals surface area contributed by atoms with Crippen LogP contribution in [0.4, 0.5) is 10.5 Å². The molecule has 0 aromatic heterocycles. The van der Waals surface area contributed by atoms with Crippen LogP contribution in [0.2, 0.25) is 0 Å². The van der Waals surface area contributed by atoms with E-state index in [4.69, 9.17) is 21.1 Å². The average molecular weight is 358 g/mol. The van der Waals surface area contributed by atoms with Gasteiger partial charge in [0.2, 0.25) is 0 Å². The molecule has 24 heavy (non-hydrogen) atoms. The van der Waals surface area contributed by atoms with Gasteiger partial charge in [-0.3, -0.25) is 4.79 Å². The summed E-state index contributed by atoms with van der Waals surface area (Å²) in [4.78, 5) is 24.7. The molecule has 0 saturated carbocycles. The number of carbonyl (C=O) groups excluding carboxylic acids is 1. The van der Waals surface area contributed by atoms with Gasteiger partial charge in [0.15, 0.2) is 0 Å². The first-order valence-electron chi connectivity index (χ1n) is 7.06. The van der Waals surface area contributed by atoms with Gasteiger partial charge in [0, 0.05) is 17.1 Å². The van der Waals surface area contributed by atoms with Crippen LogP contribution in [0.3, 0.4) is 0 Å². The lowest BCUT2D eigenvalue weighted by atomic mass is 10.1. The highest BCUT2D eigenvalue weighted by Gasteiger charge is 2.10. The number of alkyl carbamates (subject to hydrolysis) is 1. The molecule has 0 heterocycles. The Hall–Kier alpha value is -2.48. The van der Waals surface area contributed by atoms with Crippen molar-refractivity contribution in [1.82, 2.24) is 5.32 Å². The summed E-state index contributed by atoms with van der Waals surface area (Å²) in [6.07, 6.45) is 1.00. The number of nitrogens with zero attached hydrogens (tertiary/aromatic N) is 3. The minimum absolute atomic E-state index is 0. The number of carboxylic acids is 1. The average Bonchev–Trinajstić information content (AvgIpc) is 2.53. The van der Waals surface area contributed by atoms with Gasteiger partial charge < -0.3 is 20.9 Å². The number of halogens is 1. The van der Waals surface area contributed by atoms with E-state index in [1.165, 1.54) is 0 Å². The Labute approximate surface area is 145 Å². The van der Waals surface area contributed by atoms with Crippen molar-refractivity contribution in [3.05, 3.63) is 40.3 Å². The van der Waals surface area contributed by atoms with Gasteiger partial charge in [0.1, 0.15) is 12.6 Å². The molecule has 0 aliphatic carbocycles. The molecule has 0 fully saturated rings. The van der Waals surface area contributed by atoms with E-state index < -0.39 is 18.1 Å². The van der Waals surface area contributed by atoms with Gasteiger partial charge in [0.05, 0.1) is 0 Å². The maximum absolute atomic E-state index is 11.5. The number of hydrogen-bond acceptors (Lipinski definition) is 5. The summed E-state index contributed by atoms with van der Waals surface area (Å²) in [5.74, 6) is -1.03. The summed E-state index contributed by atoms with van der Waals surface area (Å²) >= 11 is 0. The summed E-state index contributed by atoms with van der Waals surface area (Å²) in [5, 5.41) is 14.6. The van der Waals surface area contributed by atoms with Crippen LogP contribution in [0.1, 0.15) is 24.8 Å². The molecule has 1 amide bonds. The number of nitrogens with one attached hydrogen (secondary N) is 1. The molecule has 4 N–H and O–H groups in total. The molecular weight excluding hydrogens is 338 g/mol. The molecule has 0 bridgehead atoms. The minimum Gasteiger partial charge on any atom is -0.480 e. The lowest BCUT2D eigenvalue weighted by Crippen LogP contribution is -2.30. The molecule has 1 rings (SSSR count). The van der Waals surface area contributed by atoms with E-state index in [9.17, 15) is 9.59 Å². The van der Waals surface area contributed by atoms with E-state index in [1.807, 2.05) is 0 Å². The van der Waals surface area contributed by atoms with E-state index in [0.29, 0.717) is 37.1 Å². The molecule has 0 saturated heterocycles. The summed E-state index contributed by atoms with van der Waals surface area (Å²) in [5.41, 5.74) is 14.9. The second kappa shape index (κ2) is 12.0. The van der Waals surface area contributed by atoms with Gasteiger partial charge in [-0.25, -0.2) is 4.79 Å². The van der Waals surface area contributed by atoms with Gasteiger partial charge in [-0.15, -0.1) is 12.4 Å². The fraction of sp³-hybridized carbons (Fsp3) is 0.429. The van der Waals surface area contributed by atoms with Crippen LogP contribution >= 0.6 is 12.4 Å². The SMILES string of the molecule is Cl.[N-]=[N+]=Nc1cccc(COC(=O)NCCCC[C@H](N)C(=O)O)c1. The molecule has 132 valence electrons. The third kappa shape index (κ3) is 8.84. The maximum Gasteiger partial charge on any atom is 0.407 e. The van der Waals surface area contributed by atoms with Crippen molar-refractivity contribution in [2.45, 2.75) is 31.9 Å². The lowest BCUT2D eigenvalue weighted by molar-refractivity contribution is -0.138. The van der Waals surface area contributed by atoms with E-state index in [-0.39, 0.29) is 19.0 Å². The number of azide groups is 1. The minimum atomic E-state index is -1.03. The van der Waals surface area contributed by atoms with Crippen molar-refractivity contribution in [3.63, 3.8) is 0 Å². The van der Waals surface area contributed by atoms with Crippen molar-refractivity contribution < 1.29 is 19.4 Å². The molecule has 0 aliphatic rings. The predicted molar refractivity (Wildman–Crippen MR) is 90.1 cm³/mol. The predicted octanol–water partition coefficient (Wildman–Crippen LogP) is 2.86. The number of aliphatic carboxylic acids is 1. The molecular formula is C14H20ClN5O4. The Bertz CT molecular complexity index is 592. The van der Waals surface area contributed by atoms with E-state index >= 15 is 0 Å². The van der Waals surface area contributed by atoms with Crippen LogP contribution in [0, 0.1) is 0 Å². The molecule has 0 unspecified atom stereocenters. The monoisotopic (exact) mass is 357 g/mol. The second-order valence-electron chi connectivity index (χ2n) is 4.80. The smallest absolute Gasteiger partial charge is 0.407 e. The van der Waals surface area contributed by atoms with E-state index in [1.54, 1.807) is 24.3 Å². The highest BCUT2D eigenvalue weighted by atomic mass is 35.5. The maximum atomic E-state index is 11.5. The standard InChI is InChI=1S/C14H19N5O4.ClH/c15-12(13(20)21)6-1-2-7-17-14(22)23-9-10-4-3-5-11(8-10)18-19-16;/h3-5,8,12H,1-2,6-7,9,15H2,(H,17,22)(H,20,21);1H/t12-;/m0./s1. The number of amides is 1. The summed E-state index contributed by atoms with van der Waals surface area (Å²) in [6.45, 7) is 0.439. The normalized spacial score (nSPS) is 10.7. The zero-order valence-corrected chi connectivity index (χ0v) is 13.7. The molecule has 1 atom stereocenters. The quantitative estimate of drug-likeness (QED) is 0.268. The van der Waals surface area contributed by atoms with Crippen LogP contribution in [0.25, 0.3) is 10.4 Å². The summed E-state index contributed by atoms with van der Waals surface area (Å²) in [7, 11) is 0. The molecule has 9 nitrogen and oxygen atoms in total. The first-order chi connectivity index (χ1) is 11.0. The fourth-order valence-corrected chi connectivity index (χ4v) is 1.76. The topological polar surface area (TPSA) is 150 Å². The fourth-order valence-electron chi connectivity index (χ4n) is 1.76. The number of carboxylic acid groups (broad SMARTS) is 1. The number of benzene rings is 1. The molecule has 0 radical (unpaired) electrons. The summed E-state index contributed by atoms with van der Waals surface area (Å²) < 4.78 is 5.02. The van der Waals surface area contributed by atoms with Crippen LogP contribution < -0.4 is 11.1 Å². The molecule has 0 spiro atoms. The number of carbonyl (C=O) groups is 2. The van der Waals surface area contributed by atoms with Gasteiger partial charge in [0.25, 0.3) is 0 Å². The van der Waals surface area contributed by atoms with Gasteiger partial charge in [-0.2, -0.15) is 0 Å². The third-order valence-corrected chi connectivity index (χ3v) is 2.97. The Morgan fingerprint density at radius 1 is 1.42 bits per heavy atom. The number of rotatable bonds is 9. The van der Waals surface area contributed by atoms with Crippen LogP contribution in [-0.4, -0.2) is 29.8 Å². The summed E-state index contributed by atoms with van der Waals surface area (Å²) in [6, 6.07) is 5.85. The lowest BCUT2D eigenvalue weighted by Gasteiger charge is -2.08. The second-order valence-corrected chi connectivity index (χ2v) is 4.80. The van der Waals surface area contributed by atoms with Gasteiger partial charge >= 0.3 is 12.1 Å². The molecule has 0 aliphatic heterocycles. The first-order valence-corrected chi connectivity index (χ1v) is 7.06. The van der Waals surface area contributed by atoms with Crippen molar-refractivity contribution in [1.29, 1.82) is 0 Å². The Morgan fingerprint density at radius 3 is 2.83 bits per heavy atom. The molecule has 10 heteroatoms. The largest absolute Gasteiger partial charge is 0.480 e. The molecule has 1 aromatic rings. The van der Waals surface area contributed by atoms with Crippen LogP contribution in [0.15, 0.2) is 29.4 Å². The third-order valence-electron chi connectivity index (χ3n) is 2.97. The van der Waals surface area contributed by atoms with Crippen molar-refractivity contribution >= 4 is 30.2 Å². The van der Waals surface area contributed by atoms with E-state index in [0.717, 1.165) is 0 Å². The zero-order chi connectivity index (χ0) is 17.1. The van der Waals surface area contributed by atoms with Crippen molar-refractivity contribution in [2.24, 2.45) is 10.8 Å². The van der Waals surface area contributed by atoms with Gasteiger partial charge in [-0.05, 0) is 36.4 Å². The Morgan fingerprint density at radius 2 is 2.17 bits per heavy atom. The highest BCUT2D eigenvalue weighted by molar-refractivity contribution is 5.85. The number of nitrogens with two attached hydrogens (primary N) is 1. The van der Waals surface area contributed by atoms with E-state index in [2.05, 4.69) is 15.3 Å².